The molecule has 0 aliphatic carbocycles. The zero-order valence-electron chi connectivity index (χ0n) is 11.8. The number of nitrogens with one attached hydrogen (secondary N) is 1. The summed E-state index contributed by atoms with van der Waals surface area (Å²) in [5.41, 5.74) is 0.968. The van der Waals surface area contributed by atoms with Gasteiger partial charge in [0, 0.05) is 18.6 Å². The van der Waals surface area contributed by atoms with Gasteiger partial charge in [0.2, 0.25) is 0 Å². The average Bonchev–Trinajstić information content (AvgIpc) is 2.28. The second kappa shape index (κ2) is 6.48. The molecule has 0 aliphatic heterocycles. The van der Waals surface area contributed by atoms with E-state index in [1.165, 1.54) is 0 Å². The Morgan fingerprint density at radius 2 is 1.89 bits per heavy atom. The van der Waals surface area contributed by atoms with Crippen LogP contribution in [0.25, 0.3) is 0 Å². The zero-order chi connectivity index (χ0) is 13.8. The fourth-order valence-electron chi connectivity index (χ4n) is 1.53. The smallest absolute Gasteiger partial charge is 0.156 e. The minimum absolute atomic E-state index is 0.0348. The Morgan fingerprint density at radius 1 is 1.22 bits per heavy atom. The van der Waals surface area contributed by atoms with Crippen molar-refractivity contribution in [2.75, 3.05) is 18.5 Å². The van der Waals surface area contributed by atoms with Crippen LogP contribution in [0.5, 0.6) is 0 Å². The van der Waals surface area contributed by atoms with Crippen molar-refractivity contribution in [3.05, 3.63) is 16.0 Å². The zero-order valence-corrected chi connectivity index (χ0v) is 13.4. The Kier molecular flexibility index (Phi) is 5.53. The normalized spacial score (nSPS) is 11.7. The first-order valence-corrected chi connectivity index (χ1v) is 7.08. The lowest BCUT2D eigenvalue weighted by molar-refractivity contribution is 0.128. The largest absolute Gasteiger partial charge is 0.374 e. The van der Waals surface area contributed by atoms with E-state index in [2.05, 4.69) is 52.0 Å². The molecular weight excluding hydrogens is 294 g/mol. The SMILES string of the molecule is CCNc1nc(COCC)nc(C(C)(C)C)c1Br. The Bertz CT molecular complexity index is 402. The monoisotopic (exact) mass is 315 g/mol. The number of nitrogens with zero attached hydrogens (tertiary/aromatic N) is 2. The van der Waals surface area contributed by atoms with Gasteiger partial charge in [0.05, 0.1) is 10.2 Å². The predicted octanol–water partition coefficient (Wildman–Crippen LogP) is 3.50. The number of hydrogen-bond acceptors (Lipinski definition) is 4. The fourth-order valence-corrected chi connectivity index (χ4v) is 2.45. The maximum atomic E-state index is 5.39. The molecule has 1 aromatic rings. The molecule has 18 heavy (non-hydrogen) atoms. The van der Waals surface area contributed by atoms with Gasteiger partial charge in [-0.15, -0.1) is 0 Å². The van der Waals surface area contributed by atoms with Crippen molar-refractivity contribution < 1.29 is 4.74 Å². The highest BCUT2D eigenvalue weighted by molar-refractivity contribution is 9.10. The number of halogens is 1. The third-order valence-corrected chi connectivity index (χ3v) is 3.14. The van der Waals surface area contributed by atoms with Crippen LogP contribution in [0.1, 0.15) is 46.1 Å². The molecule has 1 heterocycles. The lowest BCUT2D eigenvalue weighted by atomic mass is 9.92. The first kappa shape index (κ1) is 15.4. The Morgan fingerprint density at radius 3 is 2.39 bits per heavy atom. The molecule has 0 radical (unpaired) electrons. The highest BCUT2D eigenvalue weighted by Gasteiger charge is 2.23. The predicted molar refractivity (Wildman–Crippen MR) is 77.9 cm³/mol. The Hall–Kier alpha value is -0.680. The van der Waals surface area contributed by atoms with Crippen LogP contribution in [0, 0.1) is 0 Å². The van der Waals surface area contributed by atoms with Crippen molar-refractivity contribution in [2.45, 2.75) is 46.6 Å². The summed E-state index contributed by atoms with van der Waals surface area (Å²) >= 11 is 3.59. The molecule has 0 atom stereocenters. The maximum Gasteiger partial charge on any atom is 0.156 e. The van der Waals surface area contributed by atoms with Gasteiger partial charge in [-0.1, -0.05) is 20.8 Å². The van der Waals surface area contributed by atoms with Crippen molar-refractivity contribution >= 4 is 21.7 Å². The Balaban J connectivity index is 3.19. The average molecular weight is 316 g/mol. The van der Waals surface area contributed by atoms with E-state index in [1.807, 2.05) is 13.8 Å². The van der Waals surface area contributed by atoms with Crippen molar-refractivity contribution in [2.24, 2.45) is 0 Å². The number of ether oxygens (including phenoxy) is 1. The van der Waals surface area contributed by atoms with Crippen LogP contribution < -0.4 is 5.32 Å². The Labute approximate surface area is 118 Å². The second-order valence-corrected chi connectivity index (χ2v) is 5.86. The summed E-state index contributed by atoms with van der Waals surface area (Å²) in [6.07, 6.45) is 0. The van der Waals surface area contributed by atoms with Crippen LogP contribution in [0.3, 0.4) is 0 Å². The van der Waals surface area contributed by atoms with Crippen LogP contribution in [0.2, 0.25) is 0 Å². The standard InChI is InChI=1S/C13H22BrN3O/c1-6-15-12-10(14)11(13(3,4)5)16-9(17-12)8-18-7-2/h6-8H2,1-5H3,(H,15,16,17). The van der Waals surface area contributed by atoms with Crippen LogP contribution in [0.15, 0.2) is 4.47 Å². The van der Waals surface area contributed by atoms with E-state index in [-0.39, 0.29) is 5.41 Å². The third kappa shape index (κ3) is 3.92. The molecule has 0 saturated heterocycles. The molecule has 0 spiro atoms. The summed E-state index contributed by atoms with van der Waals surface area (Å²) in [4.78, 5) is 9.08. The van der Waals surface area contributed by atoms with Crippen molar-refractivity contribution in [1.29, 1.82) is 0 Å². The molecule has 0 bridgehead atoms. The van der Waals surface area contributed by atoms with E-state index < -0.39 is 0 Å². The van der Waals surface area contributed by atoms with Gasteiger partial charge in [-0.2, -0.15) is 0 Å². The van der Waals surface area contributed by atoms with E-state index in [0.717, 1.165) is 28.4 Å². The van der Waals surface area contributed by atoms with Crippen molar-refractivity contribution in [3.8, 4) is 0 Å². The molecule has 0 fully saturated rings. The molecule has 0 unspecified atom stereocenters. The summed E-state index contributed by atoms with van der Waals surface area (Å²) in [7, 11) is 0. The number of aromatic nitrogens is 2. The third-order valence-electron chi connectivity index (χ3n) is 2.39. The second-order valence-electron chi connectivity index (χ2n) is 5.07. The molecule has 1 rings (SSSR count). The molecule has 5 heteroatoms. The maximum absolute atomic E-state index is 5.39. The number of rotatable bonds is 5. The van der Waals surface area contributed by atoms with Crippen LogP contribution in [-0.4, -0.2) is 23.1 Å². The lowest BCUT2D eigenvalue weighted by Crippen LogP contribution is -2.18. The van der Waals surface area contributed by atoms with E-state index in [0.29, 0.717) is 13.2 Å². The fraction of sp³-hybridized carbons (Fsp3) is 0.692. The van der Waals surface area contributed by atoms with E-state index >= 15 is 0 Å². The molecule has 0 aliphatic rings. The van der Waals surface area contributed by atoms with Crippen molar-refractivity contribution in [1.82, 2.24) is 9.97 Å². The van der Waals surface area contributed by atoms with Crippen LogP contribution in [0.4, 0.5) is 5.82 Å². The minimum atomic E-state index is -0.0348. The van der Waals surface area contributed by atoms with Gasteiger partial charge in [0.1, 0.15) is 12.4 Å². The summed E-state index contributed by atoms with van der Waals surface area (Å²) in [6, 6.07) is 0. The molecular formula is C13H22BrN3O. The summed E-state index contributed by atoms with van der Waals surface area (Å²) in [5.74, 6) is 1.56. The quantitative estimate of drug-likeness (QED) is 0.903. The van der Waals surface area contributed by atoms with Crippen LogP contribution in [-0.2, 0) is 16.8 Å². The van der Waals surface area contributed by atoms with Gasteiger partial charge in [0.25, 0.3) is 0 Å². The summed E-state index contributed by atoms with van der Waals surface area (Å²) < 4.78 is 6.33. The van der Waals surface area contributed by atoms with Crippen molar-refractivity contribution in [3.63, 3.8) is 0 Å². The first-order valence-electron chi connectivity index (χ1n) is 6.28. The molecule has 0 aromatic carbocycles. The van der Waals surface area contributed by atoms with Gasteiger partial charge in [-0.05, 0) is 29.8 Å². The summed E-state index contributed by atoms with van der Waals surface area (Å²) in [5, 5.41) is 3.25. The highest BCUT2D eigenvalue weighted by atomic mass is 79.9. The molecule has 0 amide bonds. The van der Waals surface area contributed by atoms with Gasteiger partial charge >= 0.3 is 0 Å². The van der Waals surface area contributed by atoms with E-state index in [1.54, 1.807) is 0 Å². The van der Waals surface area contributed by atoms with Gasteiger partial charge in [0.15, 0.2) is 5.82 Å². The number of anilines is 1. The van der Waals surface area contributed by atoms with E-state index in [9.17, 15) is 0 Å². The molecule has 1 aromatic heterocycles. The highest BCUT2D eigenvalue weighted by Crippen LogP contribution is 2.32. The topological polar surface area (TPSA) is 47.0 Å². The molecule has 1 N–H and O–H groups in total. The summed E-state index contributed by atoms with van der Waals surface area (Å²) in [6.45, 7) is 12.4. The first-order chi connectivity index (χ1) is 8.40. The molecule has 4 nitrogen and oxygen atoms in total. The van der Waals surface area contributed by atoms with Gasteiger partial charge in [-0.3, -0.25) is 0 Å². The number of hydrogen-bond donors (Lipinski definition) is 1. The van der Waals surface area contributed by atoms with Crippen LogP contribution >= 0.6 is 15.9 Å². The van der Waals surface area contributed by atoms with Gasteiger partial charge in [-0.25, -0.2) is 9.97 Å². The molecule has 102 valence electrons. The lowest BCUT2D eigenvalue weighted by Gasteiger charge is -2.22. The van der Waals surface area contributed by atoms with E-state index in [4.69, 9.17) is 4.74 Å². The van der Waals surface area contributed by atoms with Gasteiger partial charge < -0.3 is 10.1 Å². The molecule has 0 saturated carbocycles. The minimum Gasteiger partial charge on any atom is -0.374 e.